The third kappa shape index (κ3) is 23.1. The minimum Gasteiger partial charge on any atom is -0.466 e. The lowest BCUT2D eigenvalue weighted by Crippen LogP contribution is -2.20. The van der Waals surface area contributed by atoms with E-state index < -0.39 is 0 Å². The molecule has 0 aliphatic heterocycles. The summed E-state index contributed by atoms with van der Waals surface area (Å²) < 4.78 is 8.71. The van der Waals surface area contributed by atoms with Crippen molar-refractivity contribution < 1.29 is 29.0 Å². The largest absolute Gasteiger partial charge is 0.466 e. The molecule has 0 bridgehead atoms. The molecule has 0 saturated heterocycles. The maximum Gasteiger partial charge on any atom is 0.332 e. The summed E-state index contributed by atoms with van der Waals surface area (Å²) in [7, 11) is 1.33. The zero-order valence-electron chi connectivity index (χ0n) is 12.7. The molecule has 0 unspecified atom stereocenters. The Kier molecular flexibility index (Phi) is 19.8. The number of nitrogens with one attached hydrogen (secondary N) is 1. The summed E-state index contributed by atoms with van der Waals surface area (Å²) in [6, 6.07) is 0. The number of hydrogen-bond acceptors (Lipinski definition) is 6. The van der Waals surface area contributed by atoms with Crippen LogP contribution in [0.1, 0.15) is 13.8 Å². The van der Waals surface area contributed by atoms with Gasteiger partial charge < -0.3 is 19.9 Å². The molecule has 0 heterocycles. The van der Waals surface area contributed by atoms with Crippen LogP contribution in [-0.2, 0) is 23.9 Å². The highest BCUT2D eigenvalue weighted by molar-refractivity contribution is 5.87. The number of carbonyl (C=O) groups excluding carboxylic acids is 3. The highest BCUT2D eigenvalue weighted by Crippen LogP contribution is 1.87. The van der Waals surface area contributed by atoms with Crippen molar-refractivity contribution in [3.63, 3.8) is 0 Å². The quantitative estimate of drug-likeness (QED) is 0.440. The van der Waals surface area contributed by atoms with Crippen LogP contribution in [0.15, 0.2) is 37.5 Å². The topological polar surface area (TPSA) is 102 Å². The molecule has 21 heavy (non-hydrogen) atoms. The minimum atomic E-state index is -0.359. The van der Waals surface area contributed by atoms with Crippen LogP contribution in [0.3, 0.4) is 0 Å². The molecule has 0 aliphatic rings. The predicted octanol–water partition coefficient (Wildman–Crippen LogP) is 0.709. The lowest BCUT2D eigenvalue weighted by atomic mass is 10.4. The fourth-order valence-electron chi connectivity index (χ4n) is 0.526. The lowest BCUT2D eigenvalue weighted by molar-refractivity contribution is -0.137. The molecule has 2 N–H and O–H groups in total. The summed E-state index contributed by atoms with van der Waals surface area (Å²) in [6.45, 7) is 13.2. The van der Waals surface area contributed by atoms with Crippen molar-refractivity contribution >= 4 is 17.8 Å². The van der Waals surface area contributed by atoms with Gasteiger partial charge in [-0.25, -0.2) is 9.59 Å². The number of amides is 1. The average molecular weight is 301 g/mol. The van der Waals surface area contributed by atoms with Gasteiger partial charge in [-0.2, -0.15) is 0 Å². The maximum absolute atomic E-state index is 10.2. The van der Waals surface area contributed by atoms with E-state index in [1.165, 1.54) is 7.11 Å². The molecule has 0 radical (unpaired) electrons. The van der Waals surface area contributed by atoms with Crippen molar-refractivity contribution in [2.75, 3.05) is 20.4 Å². The van der Waals surface area contributed by atoms with Gasteiger partial charge >= 0.3 is 11.9 Å². The number of rotatable bonds is 5. The first kappa shape index (κ1) is 23.7. The summed E-state index contributed by atoms with van der Waals surface area (Å²) in [6.07, 6.45) is 2.24. The molecule has 0 aromatic heterocycles. The van der Waals surface area contributed by atoms with Gasteiger partial charge in [-0.1, -0.05) is 19.7 Å². The molecule has 0 rings (SSSR count). The second-order valence-corrected chi connectivity index (χ2v) is 3.13. The summed E-state index contributed by atoms with van der Waals surface area (Å²) in [5.41, 5.74) is 0.433. The van der Waals surface area contributed by atoms with Crippen LogP contribution >= 0.6 is 0 Å². The third-order valence-electron chi connectivity index (χ3n) is 1.43. The monoisotopic (exact) mass is 301 g/mol. The van der Waals surface area contributed by atoms with Crippen LogP contribution in [0, 0.1) is 0 Å². The molecular formula is C14H23NO6. The molecule has 0 aliphatic carbocycles. The van der Waals surface area contributed by atoms with E-state index >= 15 is 0 Å². The van der Waals surface area contributed by atoms with Crippen molar-refractivity contribution in [2.24, 2.45) is 0 Å². The van der Waals surface area contributed by atoms with Crippen molar-refractivity contribution in [2.45, 2.75) is 13.8 Å². The van der Waals surface area contributed by atoms with E-state index in [0.29, 0.717) is 12.2 Å². The normalized spacial score (nSPS) is 7.62. The summed E-state index contributed by atoms with van der Waals surface area (Å²) in [5, 5.41) is 10.1. The van der Waals surface area contributed by atoms with Crippen LogP contribution in [0.2, 0.25) is 0 Å². The second kappa shape index (κ2) is 17.6. The second-order valence-electron chi connectivity index (χ2n) is 3.13. The van der Waals surface area contributed by atoms with E-state index in [2.05, 4.69) is 34.5 Å². The van der Waals surface area contributed by atoms with Gasteiger partial charge in [-0.05, 0) is 19.9 Å². The van der Waals surface area contributed by atoms with Crippen LogP contribution in [0.25, 0.3) is 0 Å². The molecule has 0 atom stereocenters. The zero-order valence-corrected chi connectivity index (χ0v) is 12.7. The zero-order chi connectivity index (χ0) is 17.3. The van der Waals surface area contributed by atoms with Gasteiger partial charge in [0.25, 0.3) is 0 Å². The van der Waals surface area contributed by atoms with Crippen LogP contribution in [0.5, 0.6) is 0 Å². The summed E-state index contributed by atoms with van der Waals surface area (Å²) in [5.74, 6) is -1.06. The Morgan fingerprint density at radius 1 is 1.24 bits per heavy atom. The number of hydrogen-bond donors (Lipinski definition) is 2. The van der Waals surface area contributed by atoms with Gasteiger partial charge in [0.2, 0.25) is 5.91 Å². The van der Waals surface area contributed by atoms with Crippen LogP contribution < -0.4 is 5.32 Å². The number of esters is 2. The first-order valence-corrected chi connectivity index (χ1v) is 5.84. The average Bonchev–Trinajstić information content (AvgIpc) is 2.47. The Morgan fingerprint density at radius 3 is 1.86 bits per heavy atom. The van der Waals surface area contributed by atoms with E-state index in [1.807, 2.05) is 0 Å². The van der Waals surface area contributed by atoms with E-state index in [9.17, 15) is 14.4 Å². The summed E-state index contributed by atoms with van der Waals surface area (Å²) in [4.78, 5) is 30.3. The van der Waals surface area contributed by atoms with Crippen LogP contribution in [-0.4, -0.2) is 43.4 Å². The number of aliphatic hydroxyl groups excluding tert-OH is 1. The molecule has 7 nitrogen and oxygen atoms in total. The van der Waals surface area contributed by atoms with Gasteiger partial charge in [-0.3, -0.25) is 4.79 Å². The van der Waals surface area contributed by atoms with Crippen molar-refractivity contribution in [1.82, 2.24) is 5.32 Å². The van der Waals surface area contributed by atoms with E-state index in [4.69, 9.17) is 5.11 Å². The predicted molar refractivity (Wildman–Crippen MR) is 79.1 cm³/mol. The van der Waals surface area contributed by atoms with Gasteiger partial charge in [-0.15, -0.1) is 0 Å². The standard InChI is InChI=1S/2C5H8O2.C4H7NO2/c1-4(2)5(6)7-3;1-3-5(6)7-4-2;1-2-4(7)5-3-6/h1H2,2-3H3;3H,1,4H2,2H3;2,6H,1,3H2,(H,5,7). The Labute approximate surface area is 124 Å². The Bertz CT molecular complexity index is 338. The van der Waals surface area contributed by atoms with Crippen molar-refractivity contribution in [3.05, 3.63) is 37.5 Å². The van der Waals surface area contributed by atoms with E-state index in [-0.39, 0.29) is 24.6 Å². The first-order chi connectivity index (χ1) is 9.80. The van der Waals surface area contributed by atoms with Gasteiger partial charge in [0, 0.05) is 11.6 Å². The highest BCUT2D eigenvalue weighted by atomic mass is 16.5. The fraction of sp³-hybridized carbons (Fsp3) is 0.357. The third-order valence-corrected chi connectivity index (χ3v) is 1.43. The minimum absolute atomic E-state index is 0.329. The smallest absolute Gasteiger partial charge is 0.332 e. The first-order valence-electron chi connectivity index (χ1n) is 5.84. The molecule has 120 valence electrons. The molecule has 0 aromatic rings. The molecular weight excluding hydrogens is 278 g/mol. The van der Waals surface area contributed by atoms with E-state index in [0.717, 1.165) is 12.2 Å². The molecule has 0 spiro atoms. The van der Waals surface area contributed by atoms with Gasteiger partial charge in [0.15, 0.2) is 0 Å². The molecule has 0 saturated carbocycles. The lowest BCUT2D eigenvalue weighted by Gasteiger charge is -1.91. The van der Waals surface area contributed by atoms with Gasteiger partial charge in [0.05, 0.1) is 13.7 Å². The number of methoxy groups -OCH3 is 1. The molecule has 7 heteroatoms. The number of ether oxygens (including phenoxy) is 2. The van der Waals surface area contributed by atoms with E-state index in [1.54, 1.807) is 13.8 Å². The number of aliphatic hydroxyl groups is 1. The molecule has 1 amide bonds. The fourth-order valence-corrected chi connectivity index (χ4v) is 0.526. The highest BCUT2D eigenvalue weighted by Gasteiger charge is 1.95. The molecule has 0 fully saturated rings. The maximum atomic E-state index is 10.2. The Balaban J connectivity index is -0.000000231. The van der Waals surface area contributed by atoms with Crippen molar-refractivity contribution in [1.29, 1.82) is 0 Å². The van der Waals surface area contributed by atoms with Gasteiger partial charge in [0.1, 0.15) is 6.73 Å². The molecule has 0 aromatic carbocycles. The Morgan fingerprint density at radius 2 is 1.76 bits per heavy atom. The van der Waals surface area contributed by atoms with Crippen molar-refractivity contribution in [3.8, 4) is 0 Å². The number of carbonyl (C=O) groups is 3. The SMILES string of the molecule is C=C(C)C(=O)OC.C=CC(=O)NCO.C=CC(=O)OCC. The Hall–Kier alpha value is -2.41. The van der Waals surface area contributed by atoms with Crippen LogP contribution in [0.4, 0.5) is 0 Å². The summed E-state index contributed by atoms with van der Waals surface area (Å²) >= 11 is 0.